The predicted octanol–water partition coefficient (Wildman–Crippen LogP) is 1.49. The summed E-state index contributed by atoms with van der Waals surface area (Å²) in [6.45, 7) is 7.05. The van der Waals surface area contributed by atoms with Crippen LogP contribution in [0.15, 0.2) is 59.5 Å². The minimum absolute atomic E-state index is 0.0804. The summed E-state index contributed by atoms with van der Waals surface area (Å²) in [6.07, 6.45) is 1.63. The molecule has 2 aliphatic heterocycles. The van der Waals surface area contributed by atoms with Gasteiger partial charge in [-0.25, -0.2) is 10.6 Å². The predicted molar refractivity (Wildman–Crippen MR) is 153 cm³/mol. The topological polar surface area (TPSA) is 139 Å². The Kier molecular flexibility index (Phi) is 8.97. The van der Waals surface area contributed by atoms with Crippen LogP contribution in [-0.2, 0) is 20.8 Å². The smallest absolute Gasteiger partial charge is 0.338 e. The second-order valence-electron chi connectivity index (χ2n) is 9.89. The number of hydrazine groups is 1. The summed E-state index contributed by atoms with van der Waals surface area (Å²) in [6, 6.07) is 14.2. The largest absolute Gasteiger partial charge is 0.461 e. The van der Waals surface area contributed by atoms with Crippen LogP contribution < -0.4 is 21.9 Å². The van der Waals surface area contributed by atoms with Crippen LogP contribution in [0.2, 0.25) is 0 Å². The van der Waals surface area contributed by atoms with E-state index in [0.29, 0.717) is 86.9 Å². The number of hydrogen-bond acceptors (Lipinski definition) is 10. The van der Waals surface area contributed by atoms with Gasteiger partial charge in [-0.1, -0.05) is 24.3 Å². The van der Waals surface area contributed by atoms with E-state index < -0.39 is 0 Å². The van der Waals surface area contributed by atoms with Crippen molar-refractivity contribution in [1.29, 1.82) is 0 Å². The summed E-state index contributed by atoms with van der Waals surface area (Å²) < 4.78 is 16.3. The number of nitrogens with two attached hydrogens (primary N) is 2. The number of aromatic amines is 1. The number of carbonyl (C=O) groups excluding carboxylic acids is 1. The molecule has 2 aliphatic rings. The number of ether oxygens (including phenoxy) is 3. The van der Waals surface area contributed by atoms with E-state index in [1.807, 2.05) is 12.1 Å². The highest BCUT2D eigenvalue weighted by Gasteiger charge is 2.16. The maximum Gasteiger partial charge on any atom is 0.338 e. The highest BCUT2D eigenvalue weighted by Crippen LogP contribution is 2.23. The van der Waals surface area contributed by atoms with Crippen LogP contribution in [0.5, 0.6) is 0 Å². The number of para-hydroxylation sites is 1. The molecule has 2 aromatic carbocycles. The molecule has 0 aliphatic carbocycles. The van der Waals surface area contributed by atoms with E-state index in [4.69, 9.17) is 25.8 Å². The molecule has 0 bridgehead atoms. The number of nitrogens with one attached hydrogen (secondary N) is 1. The fraction of sp³-hybridized carbons (Fsp3) is 0.379. The van der Waals surface area contributed by atoms with Crippen LogP contribution in [0, 0.1) is 0 Å². The molecule has 2 fully saturated rings. The molecule has 1 aromatic heterocycles. The van der Waals surface area contributed by atoms with Crippen LogP contribution in [0.25, 0.3) is 16.6 Å². The second-order valence-corrected chi connectivity index (χ2v) is 9.89. The van der Waals surface area contributed by atoms with Gasteiger partial charge in [-0.15, -0.1) is 0 Å². The minimum Gasteiger partial charge on any atom is -0.461 e. The van der Waals surface area contributed by atoms with Crippen molar-refractivity contribution in [2.45, 2.75) is 6.54 Å². The number of rotatable bonds is 9. The number of morpholine rings is 2. The molecule has 0 radical (unpaired) electrons. The lowest BCUT2D eigenvalue weighted by molar-refractivity contribution is 0.0195. The molecule has 2 saturated heterocycles. The third kappa shape index (κ3) is 6.80. The van der Waals surface area contributed by atoms with Crippen molar-refractivity contribution in [3.8, 4) is 0 Å². The Hall–Kier alpha value is -3.90. The van der Waals surface area contributed by atoms with Crippen LogP contribution >= 0.6 is 0 Å². The first-order valence-electron chi connectivity index (χ1n) is 13.5. The van der Waals surface area contributed by atoms with Crippen molar-refractivity contribution in [2.24, 2.45) is 11.6 Å². The number of esters is 1. The van der Waals surface area contributed by atoms with Gasteiger partial charge in [0.05, 0.1) is 49.7 Å². The Balaban J connectivity index is 1.26. The lowest BCUT2D eigenvalue weighted by atomic mass is 10.1. The van der Waals surface area contributed by atoms with Crippen molar-refractivity contribution < 1.29 is 19.0 Å². The number of benzene rings is 2. The summed E-state index contributed by atoms with van der Waals surface area (Å²) in [7, 11) is 0. The highest BCUT2D eigenvalue weighted by molar-refractivity contribution is 5.91. The molecule has 3 aromatic rings. The van der Waals surface area contributed by atoms with Gasteiger partial charge in [-0.05, 0) is 23.8 Å². The second kappa shape index (κ2) is 13.0. The molecule has 0 saturated carbocycles. The standard InChI is InChI=1S/C29H36N6O5/c30-25(23-5-2-6-24-26(36)18-27(32-28(23)24)34-10-14-39-15-11-34)20-35(31)19-21-3-1-4-22(17-21)29(37)40-16-9-33-7-12-38-13-8-33/h1-6,17-18,20H,7-16,19,30-31H2,(H,32,36)/b25-20-. The van der Waals surface area contributed by atoms with Crippen molar-refractivity contribution in [3.05, 3.63) is 81.6 Å². The summed E-state index contributed by atoms with van der Waals surface area (Å²) >= 11 is 0. The molecule has 0 unspecified atom stereocenters. The van der Waals surface area contributed by atoms with Gasteiger partial charge in [0, 0.05) is 55.9 Å². The molecule has 40 heavy (non-hydrogen) atoms. The molecule has 11 heteroatoms. The zero-order valence-electron chi connectivity index (χ0n) is 22.5. The van der Waals surface area contributed by atoms with Crippen LogP contribution in [-0.4, -0.2) is 86.6 Å². The first kappa shape index (κ1) is 27.7. The normalized spacial score (nSPS) is 16.7. The van der Waals surface area contributed by atoms with E-state index in [1.165, 1.54) is 5.01 Å². The van der Waals surface area contributed by atoms with Crippen LogP contribution in [0.1, 0.15) is 21.5 Å². The molecule has 5 rings (SSSR count). The van der Waals surface area contributed by atoms with E-state index in [0.717, 1.165) is 24.5 Å². The Morgan fingerprint density at radius 2 is 1.75 bits per heavy atom. The maximum atomic E-state index is 12.9. The Bertz CT molecular complexity index is 1410. The minimum atomic E-state index is -0.371. The van der Waals surface area contributed by atoms with Crippen molar-refractivity contribution in [3.63, 3.8) is 0 Å². The van der Waals surface area contributed by atoms with Gasteiger partial charge in [0.25, 0.3) is 0 Å². The van der Waals surface area contributed by atoms with Crippen molar-refractivity contribution in [1.82, 2.24) is 14.9 Å². The monoisotopic (exact) mass is 548 g/mol. The molecular weight excluding hydrogens is 512 g/mol. The third-order valence-electron chi connectivity index (χ3n) is 7.09. The van der Waals surface area contributed by atoms with E-state index >= 15 is 0 Å². The fourth-order valence-corrected chi connectivity index (χ4v) is 4.95. The maximum absolute atomic E-state index is 12.9. The molecule has 212 valence electrons. The van der Waals surface area contributed by atoms with E-state index in [9.17, 15) is 9.59 Å². The first-order chi connectivity index (χ1) is 19.5. The Labute approximate surface area is 232 Å². The van der Waals surface area contributed by atoms with Crippen LogP contribution in [0.4, 0.5) is 5.82 Å². The Morgan fingerprint density at radius 1 is 1.02 bits per heavy atom. The van der Waals surface area contributed by atoms with Crippen LogP contribution in [0.3, 0.4) is 0 Å². The SMILES string of the molecule is N/C(=C\N(N)Cc1cccc(C(=O)OCCN2CCOCC2)c1)c1cccc2c(=O)cc(N3CCOCC3)[nH]c12. The van der Waals surface area contributed by atoms with Gasteiger partial charge in [-0.2, -0.15) is 0 Å². The van der Waals surface area contributed by atoms with Gasteiger partial charge in [0.2, 0.25) is 0 Å². The summed E-state index contributed by atoms with van der Waals surface area (Å²) in [5.74, 6) is 6.67. The lowest BCUT2D eigenvalue weighted by Crippen LogP contribution is -2.38. The Morgan fingerprint density at radius 3 is 2.52 bits per heavy atom. The molecule has 0 amide bonds. The number of hydrogen-bond donors (Lipinski definition) is 3. The lowest BCUT2D eigenvalue weighted by Gasteiger charge is -2.28. The van der Waals surface area contributed by atoms with Gasteiger partial charge >= 0.3 is 5.97 Å². The molecule has 3 heterocycles. The van der Waals surface area contributed by atoms with E-state index in [2.05, 4.69) is 14.8 Å². The van der Waals surface area contributed by atoms with E-state index in [-0.39, 0.29) is 11.4 Å². The number of carbonyl (C=O) groups is 1. The third-order valence-corrected chi connectivity index (χ3v) is 7.09. The van der Waals surface area contributed by atoms with Gasteiger partial charge in [0.1, 0.15) is 12.4 Å². The summed E-state index contributed by atoms with van der Waals surface area (Å²) in [4.78, 5) is 33.2. The zero-order valence-corrected chi connectivity index (χ0v) is 22.5. The number of anilines is 1. The zero-order chi connectivity index (χ0) is 27.9. The molecule has 5 N–H and O–H groups in total. The average molecular weight is 549 g/mol. The summed E-state index contributed by atoms with van der Waals surface area (Å²) in [5.41, 5.74) is 9.44. The molecular formula is C29H36N6O5. The number of H-pyrrole nitrogens is 1. The average Bonchev–Trinajstić information content (AvgIpc) is 2.98. The molecule has 0 atom stereocenters. The molecule has 11 nitrogen and oxygen atoms in total. The van der Waals surface area contributed by atoms with Crippen molar-refractivity contribution >= 4 is 28.4 Å². The number of nitrogens with zero attached hydrogens (tertiary/aromatic N) is 3. The highest BCUT2D eigenvalue weighted by atomic mass is 16.5. The van der Waals surface area contributed by atoms with E-state index in [1.54, 1.807) is 42.6 Å². The van der Waals surface area contributed by atoms with Crippen molar-refractivity contribution in [2.75, 3.05) is 70.7 Å². The number of pyridine rings is 1. The van der Waals surface area contributed by atoms with Gasteiger partial charge in [0.15, 0.2) is 5.43 Å². The first-order valence-corrected chi connectivity index (χ1v) is 13.5. The number of fused-ring (bicyclic) bond motifs is 1. The number of aromatic nitrogens is 1. The van der Waals surface area contributed by atoms with Gasteiger partial charge < -0.3 is 34.8 Å². The quantitative estimate of drug-likeness (QED) is 0.205. The fourth-order valence-electron chi connectivity index (χ4n) is 4.95. The van der Waals surface area contributed by atoms with Gasteiger partial charge in [-0.3, -0.25) is 9.69 Å². The summed E-state index contributed by atoms with van der Waals surface area (Å²) in [5, 5.41) is 2.01. The molecule has 0 spiro atoms.